The van der Waals surface area contributed by atoms with E-state index in [9.17, 15) is 9.60 Å². The van der Waals surface area contributed by atoms with Crippen molar-refractivity contribution in [1.29, 1.82) is 0 Å². The molecular formula is C44H30O. The predicted molar refractivity (Wildman–Crippen MR) is 184 cm³/mol. The van der Waals surface area contributed by atoms with Crippen LogP contribution < -0.4 is 4.74 Å². The van der Waals surface area contributed by atoms with Crippen LogP contribution in [0.15, 0.2) is 145 Å². The molecule has 2 aliphatic carbocycles. The lowest BCUT2D eigenvalue weighted by Gasteiger charge is -2.35. The van der Waals surface area contributed by atoms with Crippen LogP contribution in [0, 0.1) is 0 Å². The van der Waals surface area contributed by atoms with E-state index in [1.165, 1.54) is 18.2 Å². The third-order valence-electron chi connectivity index (χ3n) is 8.91. The third-order valence-corrected chi connectivity index (χ3v) is 8.91. The maximum absolute atomic E-state index is 9.78. The Bertz CT molecular complexity index is 3540. The van der Waals surface area contributed by atoms with Gasteiger partial charge in [0.05, 0.1) is 28.7 Å². The fourth-order valence-electron chi connectivity index (χ4n) is 7.07. The van der Waals surface area contributed by atoms with E-state index >= 15 is 0 Å². The van der Waals surface area contributed by atoms with Gasteiger partial charge in [-0.15, -0.1) is 0 Å². The van der Waals surface area contributed by atoms with E-state index in [4.69, 9.17) is 26.7 Å². The Kier molecular flexibility index (Phi) is 2.20. The van der Waals surface area contributed by atoms with Crippen molar-refractivity contribution in [3.63, 3.8) is 0 Å². The predicted octanol–water partition coefficient (Wildman–Crippen LogP) is 11.3. The fourth-order valence-corrected chi connectivity index (χ4v) is 7.07. The first kappa shape index (κ1) is 11.5. The summed E-state index contributed by atoms with van der Waals surface area (Å²) in [6.45, 7) is -7.51. The quantitative estimate of drug-likeness (QED) is 0.183. The molecule has 0 radical (unpaired) electrons. The molecule has 0 amide bonds. The minimum atomic E-state index is -3.76. The van der Waals surface area contributed by atoms with E-state index in [0.29, 0.717) is 16.7 Å². The molecule has 1 heteroatoms. The molecule has 1 aliphatic heterocycles. The van der Waals surface area contributed by atoms with Gasteiger partial charge in [-0.05, 0) is 90.6 Å². The Hall–Kier alpha value is -5.40. The van der Waals surface area contributed by atoms with Crippen LogP contribution in [0.1, 0.15) is 78.6 Å². The smallest absolute Gasteiger partial charge is 0.131 e. The summed E-state index contributed by atoms with van der Waals surface area (Å²) in [7, 11) is 0. The van der Waals surface area contributed by atoms with Gasteiger partial charge in [-0.25, -0.2) is 0 Å². The molecule has 0 fully saturated rings. The Labute approximate surface area is 295 Å². The van der Waals surface area contributed by atoms with Crippen LogP contribution in [-0.2, 0) is 10.8 Å². The highest BCUT2D eigenvalue weighted by atomic mass is 16.5. The molecule has 0 saturated heterocycles. The zero-order valence-corrected chi connectivity index (χ0v) is 22.9. The van der Waals surface area contributed by atoms with Crippen molar-refractivity contribution in [3.8, 4) is 44.9 Å². The molecule has 0 bridgehead atoms. The Morgan fingerprint density at radius 1 is 0.556 bits per heavy atom. The van der Waals surface area contributed by atoms with Gasteiger partial charge in [0.1, 0.15) is 11.5 Å². The monoisotopic (exact) mass is 597 g/mol. The van der Waals surface area contributed by atoms with Crippen molar-refractivity contribution in [2.75, 3.05) is 0 Å². The molecule has 1 nitrogen and oxygen atoms in total. The number of fused-ring (bicyclic) bond motifs is 14. The molecule has 1 spiro atoms. The summed E-state index contributed by atoms with van der Waals surface area (Å²) in [5.74, 6) is -1.82. The van der Waals surface area contributed by atoms with Gasteiger partial charge in [0.25, 0.3) is 0 Å². The largest absolute Gasteiger partial charge is 0.457 e. The van der Waals surface area contributed by atoms with Crippen molar-refractivity contribution in [2.45, 2.75) is 24.5 Å². The summed E-state index contributed by atoms with van der Waals surface area (Å²) in [5.41, 5.74) is -7.59. The fraction of sp³-hybridized carbons (Fsp3) is 0.0909. The number of rotatable bonds is 1. The highest BCUT2D eigenvalue weighted by molar-refractivity contribution is 6.06. The van der Waals surface area contributed by atoms with Gasteiger partial charge in [0.15, 0.2) is 0 Å². The van der Waals surface area contributed by atoms with Gasteiger partial charge in [0.2, 0.25) is 0 Å². The molecule has 0 aromatic heterocycles. The van der Waals surface area contributed by atoms with Gasteiger partial charge in [-0.1, -0.05) is 135 Å². The summed E-state index contributed by atoms with van der Waals surface area (Å²) in [4.78, 5) is 0. The summed E-state index contributed by atoms with van der Waals surface area (Å²) in [6, 6.07) is -2.32. The minimum absolute atomic E-state index is 0.117. The molecule has 1 heterocycles. The summed E-state index contributed by atoms with van der Waals surface area (Å²) in [6.07, 6.45) is 0. The molecule has 0 N–H and O–H groups in total. The third kappa shape index (κ3) is 3.08. The number of hydrogen-bond acceptors (Lipinski definition) is 1. The number of benzene rings is 7. The number of hydrogen-bond donors (Lipinski definition) is 0. The van der Waals surface area contributed by atoms with Gasteiger partial charge in [-0.2, -0.15) is 0 Å². The maximum atomic E-state index is 9.78. The van der Waals surface area contributed by atoms with Crippen molar-refractivity contribution in [2.24, 2.45) is 0 Å². The van der Waals surface area contributed by atoms with E-state index in [1.807, 2.05) is 0 Å². The van der Waals surface area contributed by atoms with Gasteiger partial charge in [-0.3, -0.25) is 0 Å². The molecule has 3 aliphatic rings. The van der Waals surface area contributed by atoms with Crippen LogP contribution in [-0.4, -0.2) is 0 Å². The van der Waals surface area contributed by atoms with Crippen LogP contribution in [0.2, 0.25) is 0 Å². The first-order valence-corrected chi connectivity index (χ1v) is 14.0. The zero-order valence-electron chi connectivity index (χ0n) is 45.9. The average molecular weight is 598 g/mol. The second kappa shape index (κ2) is 8.61. The Morgan fingerprint density at radius 3 is 2.27 bits per heavy atom. The van der Waals surface area contributed by atoms with Crippen LogP contribution >= 0.6 is 0 Å². The average Bonchev–Trinajstić information content (AvgIpc) is 3.76. The lowest BCUT2D eigenvalue weighted by Crippen LogP contribution is -2.26. The Balaban J connectivity index is 1.39. The van der Waals surface area contributed by atoms with E-state index < -0.39 is 155 Å². The molecule has 10 rings (SSSR count). The molecular weight excluding hydrogens is 544 g/mol. The molecule has 0 saturated carbocycles. The van der Waals surface area contributed by atoms with E-state index in [0.717, 1.165) is 0 Å². The van der Waals surface area contributed by atoms with E-state index in [1.54, 1.807) is 24.3 Å². The maximum Gasteiger partial charge on any atom is 0.131 e. The van der Waals surface area contributed by atoms with Crippen molar-refractivity contribution in [3.05, 3.63) is 179 Å². The zero-order chi connectivity index (χ0) is 49.7. The first-order chi connectivity index (χ1) is 31.6. The molecule has 7 aromatic carbocycles. The van der Waals surface area contributed by atoms with Gasteiger partial charge >= 0.3 is 0 Å². The second-order valence-electron chi connectivity index (χ2n) is 11.1. The van der Waals surface area contributed by atoms with Crippen LogP contribution in [0.5, 0.6) is 11.5 Å². The SMILES string of the molecule is [2H]c1c([2H])c([2H])c2c(c1[2H])Oc1c([2H])c([2H])c(-c3ccc4c(c3)C3(c5ccccc5-4)c4c([2H])c([2H])c([2H])c([2H])c4-c4c3c([2H])c([2H])c3c([2H])c([2H])c([2H])c([2H])c43)c([2H])c1C2(C([2H])([2H])[2H])C([2H])([2H])[2H]. The lowest BCUT2D eigenvalue weighted by atomic mass is 9.70. The van der Waals surface area contributed by atoms with Crippen molar-refractivity contribution < 1.29 is 36.3 Å². The Morgan fingerprint density at radius 2 is 1.33 bits per heavy atom. The molecule has 7 aromatic rings. The normalized spacial score (nSPS) is 25.4. The van der Waals surface area contributed by atoms with Gasteiger partial charge < -0.3 is 4.74 Å². The number of ether oxygens (including phenoxy) is 1. The summed E-state index contributed by atoms with van der Waals surface area (Å²) < 4.78 is 212. The van der Waals surface area contributed by atoms with Crippen molar-refractivity contribution >= 4 is 10.8 Å². The minimum Gasteiger partial charge on any atom is -0.457 e. The molecule has 45 heavy (non-hydrogen) atoms. The van der Waals surface area contributed by atoms with Crippen LogP contribution in [0.4, 0.5) is 0 Å². The summed E-state index contributed by atoms with van der Waals surface area (Å²) >= 11 is 0. The molecule has 1 atom stereocenters. The highest BCUT2D eigenvalue weighted by Gasteiger charge is 2.52. The van der Waals surface area contributed by atoms with Gasteiger partial charge in [0, 0.05) is 24.8 Å². The molecule has 212 valence electrons. The second-order valence-corrected chi connectivity index (χ2v) is 11.1. The number of para-hydroxylation sites is 1. The standard InChI is InChI=1S/C44H30O/c1-43(2)36-17-9-10-18-40(36)45-41-24-21-29(26-39(41)43)28-19-22-32-31-13-5-7-15-34(31)44(38(32)25-28)35-16-8-6-14-33(35)42-30-12-4-3-11-27(30)20-23-37(42)44/h3-26H,1-2H3/i1D3,2D3,3D,4D,6D,8D,9D,10D,11D,12D,14D,16D,17D,18D,20D,21D,23D,24D,26D. The first-order valence-electron chi connectivity index (χ1n) is 25.5. The molecule has 1 unspecified atom stereocenters. The highest BCUT2D eigenvalue weighted by Crippen LogP contribution is 2.64. The van der Waals surface area contributed by atoms with Crippen molar-refractivity contribution in [1.82, 2.24) is 0 Å². The van der Waals surface area contributed by atoms with E-state index in [-0.39, 0.29) is 44.2 Å². The lowest BCUT2D eigenvalue weighted by molar-refractivity contribution is 0.418. The topological polar surface area (TPSA) is 9.23 Å². The van der Waals surface area contributed by atoms with Crippen LogP contribution in [0.25, 0.3) is 44.2 Å². The van der Waals surface area contributed by atoms with Crippen LogP contribution in [0.3, 0.4) is 0 Å². The van der Waals surface area contributed by atoms with E-state index in [2.05, 4.69) is 0 Å². The summed E-state index contributed by atoms with van der Waals surface area (Å²) in [5, 5.41) is -0.651.